The van der Waals surface area contributed by atoms with Gasteiger partial charge in [-0.2, -0.15) is 0 Å². The normalized spacial score (nSPS) is 11.4. The Balaban J connectivity index is 1.85. The quantitative estimate of drug-likeness (QED) is 0.745. The van der Waals surface area contributed by atoms with E-state index in [1.54, 1.807) is 31.3 Å². The van der Waals surface area contributed by atoms with Crippen LogP contribution in [0.1, 0.15) is 5.76 Å². The third kappa shape index (κ3) is 3.77. The van der Waals surface area contributed by atoms with Crippen molar-refractivity contribution in [1.82, 2.24) is 10.1 Å². The van der Waals surface area contributed by atoms with Gasteiger partial charge in [-0.15, -0.1) is 0 Å². The van der Waals surface area contributed by atoms with Crippen LogP contribution in [-0.4, -0.2) is 37.3 Å². The molecule has 1 aromatic carbocycles. The highest BCUT2D eigenvalue weighted by Crippen LogP contribution is 2.21. The summed E-state index contributed by atoms with van der Waals surface area (Å²) in [6.45, 7) is 1.22. The van der Waals surface area contributed by atoms with E-state index in [1.165, 1.54) is 6.07 Å². The van der Waals surface area contributed by atoms with Crippen LogP contribution in [0.5, 0.6) is 0 Å². The lowest BCUT2D eigenvalue weighted by Crippen LogP contribution is -2.37. The minimum Gasteiger partial charge on any atom is -0.360 e. The van der Waals surface area contributed by atoms with Crippen molar-refractivity contribution >= 4 is 38.3 Å². The third-order valence-electron chi connectivity index (χ3n) is 3.47. The number of anilines is 2. The number of hydrogen-bond acceptors (Lipinski definition) is 6. The smallest absolute Gasteiger partial charge is 0.245 e. The van der Waals surface area contributed by atoms with E-state index in [9.17, 15) is 13.2 Å². The molecule has 1 N–H and O–H groups in total. The van der Waals surface area contributed by atoms with Crippen LogP contribution in [0.15, 0.2) is 47.1 Å². The van der Waals surface area contributed by atoms with E-state index >= 15 is 0 Å². The van der Waals surface area contributed by atoms with Gasteiger partial charge in [-0.1, -0.05) is 23.4 Å². The molecule has 0 saturated carbocycles. The first kappa shape index (κ1) is 16.9. The van der Waals surface area contributed by atoms with Crippen molar-refractivity contribution in [3.05, 3.63) is 48.4 Å². The fraction of sp³-hybridized carbons (Fsp3) is 0.188. The molecule has 3 aromatic rings. The van der Waals surface area contributed by atoms with Crippen molar-refractivity contribution in [2.45, 2.75) is 6.92 Å². The number of hydrogen-bond donors (Lipinski definition) is 1. The molecule has 9 heteroatoms. The summed E-state index contributed by atoms with van der Waals surface area (Å²) in [6.07, 6.45) is 2.63. The second kappa shape index (κ2) is 6.52. The maximum Gasteiger partial charge on any atom is 0.245 e. The standard InChI is InChI=1S/C16H16N4O4S/c1-11-9-14(19-24-11)20(25(2,22)23)10-15(21)18-13-7-3-5-12-6-4-8-17-16(12)13/h3-9H,10H2,1-2H3,(H,18,21). The highest BCUT2D eigenvalue weighted by molar-refractivity contribution is 7.92. The Labute approximate surface area is 144 Å². The van der Waals surface area contributed by atoms with Gasteiger partial charge in [0.2, 0.25) is 15.9 Å². The number of nitrogens with one attached hydrogen (secondary N) is 1. The number of aromatic nitrogens is 2. The molecular weight excluding hydrogens is 344 g/mol. The Morgan fingerprint density at radius 3 is 2.72 bits per heavy atom. The summed E-state index contributed by atoms with van der Waals surface area (Å²) >= 11 is 0. The maximum atomic E-state index is 12.4. The number of benzene rings is 1. The van der Waals surface area contributed by atoms with Gasteiger partial charge in [-0.25, -0.2) is 12.7 Å². The molecule has 25 heavy (non-hydrogen) atoms. The van der Waals surface area contributed by atoms with Gasteiger partial charge in [0.1, 0.15) is 12.3 Å². The Hall–Kier alpha value is -2.94. The highest BCUT2D eigenvalue weighted by Gasteiger charge is 2.24. The fourth-order valence-electron chi connectivity index (χ4n) is 2.36. The summed E-state index contributed by atoms with van der Waals surface area (Å²) in [4.78, 5) is 16.6. The molecule has 0 unspecified atom stereocenters. The predicted molar refractivity (Wildman–Crippen MR) is 93.8 cm³/mol. The molecule has 8 nitrogen and oxygen atoms in total. The lowest BCUT2D eigenvalue weighted by atomic mass is 10.2. The summed E-state index contributed by atoms with van der Waals surface area (Å²) in [5, 5.41) is 7.24. The Morgan fingerprint density at radius 1 is 1.28 bits per heavy atom. The van der Waals surface area contributed by atoms with Crippen LogP contribution >= 0.6 is 0 Å². The molecule has 0 aliphatic rings. The van der Waals surface area contributed by atoms with Crippen LogP contribution in [-0.2, 0) is 14.8 Å². The monoisotopic (exact) mass is 360 g/mol. The van der Waals surface area contributed by atoms with E-state index in [2.05, 4.69) is 15.5 Å². The molecule has 0 spiro atoms. The minimum atomic E-state index is -3.70. The average Bonchev–Trinajstić information content (AvgIpc) is 2.98. The SMILES string of the molecule is Cc1cc(N(CC(=O)Nc2cccc3cccnc23)S(C)(=O)=O)no1. The van der Waals surface area contributed by atoms with Gasteiger partial charge in [0.15, 0.2) is 5.82 Å². The van der Waals surface area contributed by atoms with Crippen LogP contribution < -0.4 is 9.62 Å². The number of pyridine rings is 1. The van der Waals surface area contributed by atoms with Gasteiger partial charge in [0.25, 0.3) is 0 Å². The van der Waals surface area contributed by atoms with E-state index in [4.69, 9.17) is 4.52 Å². The van der Waals surface area contributed by atoms with Crippen molar-refractivity contribution in [3.63, 3.8) is 0 Å². The molecule has 0 radical (unpaired) electrons. The van der Waals surface area contributed by atoms with Gasteiger partial charge in [-0.05, 0) is 19.1 Å². The zero-order chi connectivity index (χ0) is 18.0. The second-order valence-corrected chi connectivity index (χ2v) is 7.40. The number of carbonyl (C=O) groups is 1. The maximum absolute atomic E-state index is 12.4. The molecule has 0 atom stereocenters. The zero-order valence-electron chi connectivity index (χ0n) is 13.6. The lowest BCUT2D eigenvalue weighted by Gasteiger charge is -2.18. The Kier molecular flexibility index (Phi) is 4.41. The molecule has 0 saturated heterocycles. The van der Waals surface area contributed by atoms with Gasteiger partial charge >= 0.3 is 0 Å². The van der Waals surface area contributed by atoms with Crippen molar-refractivity contribution in [2.24, 2.45) is 0 Å². The first-order chi connectivity index (χ1) is 11.8. The van der Waals surface area contributed by atoms with Gasteiger partial charge in [0, 0.05) is 17.6 Å². The summed E-state index contributed by atoms with van der Waals surface area (Å²) in [5.41, 5.74) is 1.13. The summed E-state index contributed by atoms with van der Waals surface area (Å²) in [6, 6.07) is 10.5. The number of para-hydroxylation sites is 1. The molecule has 3 rings (SSSR count). The number of nitrogens with zero attached hydrogens (tertiary/aromatic N) is 3. The largest absolute Gasteiger partial charge is 0.360 e. The molecule has 1 amide bonds. The van der Waals surface area contributed by atoms with Crippen LogP contribution in [0.25, 0.3) is 10.9 Å². The van der Waals surface area contributed by atoms with Crippen LogP contribution in [0.2, 0.25) is 0 Å². The Morgan fingerprint density at radius 2 is 2.04 bits per heavy atom. The Bertz CT molecular complexity index is 1020. The molecule has 0 bridgehead atoms. The summed E-state index contributed by atoms with van der Waals surface area (Å²) < 4.78 is 29.8. The van der Waals surface area contributed by atoms with Crippen molar-refractivity contribution in [3.8, 4) is 0 Å². The van der Waals surface area contributed by atoms with Gasteiger partial charge < -0.3 is 9.84 Å². The molecular formula is C16H16N4O4S. The van der Waals surface area contributed by atoms with Gasteiger partial charge in [0.05, 0.1) is 17.5 Å². The van der Waals surface area contributed by atoms with Gasteiger partial charge in [-0.3, -0.25) is 9.78 Å². The van der Waals surface area contributed by atoms with E-state index in [0.717, 1.165) is 15.9 Å². The van der Waals surface area contributed by atoms with E-state index in [-0.39, 0.29) is 5.82 Å². The van der Waals surface area contributed by atoms with Crippen LogP contribution in [0.3, 0.4) is 0 Å². The second-order valence-electron chi connectivity index (χ2n) is 5.49. The first-order valence-electron chi connectivity index (χ1n) is 7.39. The number of sulfonamides is 1. The van der Waals surface area contributed by atoms with Crippen molar-refractivity contribution < 1.29 is 17.7 Å². The number of aryl methyl sites for hydroxylation is 1. The molecule has 2 aromatic heterocycles. The number of carbonyl (C=O) groups excluding carboxylic acids is 1. The number of amides is 1. The number of fused-ring (bicyclic) bond motifs is 1. The topological polar surface area (TPSA) is 105 Å². The molecule has 0 fully saturated rings. The third-order valence-corrected chi connectivity index (χ3v) is 4.58. The summed E-state index contributed by atoms with van der Waals surface area (Å²) in [7, 11) is -3.70. The predicted octanol–water partition coefficient (Wildman–Crippen LogP) is 1.94. The lowest BCUT2D eigenvalue weighted by molar-refractivity contribution is -0.114. The molecule has 2 heterocycles. The van der Waals surface area contributed by atoms with Crippen LogP contribution in [0.4, 0.5) is 11.5 Å². The van der Waals surface area contributed by atoms with Crippen molar-refractivity contribution in [1.29, 1.82) is 0 Å². The van der Waals surface area contributed by atoms with E-state index < -0.39 is 22.5 Å². The van der Waals surface area contributed by atoms with E-state index in [0.29, 0.717) is 17.0 Å². The molecule has 130 valence electrons. The number of rotatable bonds is 5. The average molecular weight is 360 g/mol. The van der Waals surface area contributed by atoms with Crippen molar-refractivity contribution in [2.75, 3.05) is 22.4 Å². The molecule has 0 aliphatic heterocycles. The van der Waals surface area contributed by atoms with E-state index in [1.807, 2.05) is 12.1 Å². The zero-order valence-corrected chi connectivity index (χ0v) is 14.4. The highest BCUT2D eigenvalue weighted by atomic mass is 32.2. The first-order valence-corrected chi connectivity index (χ1v) is 9.24. The van der Waals surface area contributed by atoms with Crippen LogP contribution in [0, 0.1) is 6.92 Å². The fourth-order valence-corrected chi connectivity index (χ4v) is 3.14. The molecule has 0 aliphatic carbocycles. The summed E-state index contributed by atoms with van der Waals surface area (Å²) in [5.74, 6) is -0.00209. The minimum absolute atomic E-state index is 0.0613.